The maximum Gasteiger partial charge on any atom is 0.410 e. The van der Waals surface area contributed by atoms with Crippen LogP contribution < -0.4 is 0 Å². The number of benzene rings is 3. The molecule has 0 saturated carbocycles. The highest BCUT2D eigenvalue weighted by Crippen LogP contribution is 2.26. The first-order valence-corrected chi connectivity index (χ1v) is 16.0. The molecule has 0 aromatic heterocycles. The zero-order chi connectivity index (χ0) is 30.7. The van der Waals surface area contributed by atoms with E-state index in [1.54, 1.807) is 37.4 Å². The van der Waals surface area contributed by atoms with Gasteiger partial charge in [-0.1, -0.05) is 78.9 Å². The number of rotatable bonds is 13. The molecular weight excluding hydrogens is 602 g/mol. The third-order valence-corrected chi connectivity index (χ3v) is 9.80. The van der Waals surface area contributed by atoms with E-state index in [-0.39, 0.29) is 42.4 Å². The van der Waals surface area contributed by atoms with Crippen LogP contribution in [0.1, 0.15) is 36.3 Å². The number of hydrogen-bond donors (Lipinski definition) is 0. The minimum Gasteiger partial charge on any atom is -0.468 e. The first-order chi connectivity index (χ1) is 20.8. The fraction of sp³-hybridized carbons (Fsp3) is 0.394. The number of esters is 1. The van der Waals surface area contributed by atoms with Crippen molar-refractivity contribution < 1.29 is 27.5 Å². The quantitative estimate of drug-likeness (QED) is 0.237. The molecule has 238 valence electrons. The van der Waals surface area contributed by atoms with E-state index in [1.807, 2.05) is 60.7 Å². The van der Waals surface area contributed by atoms with Gasteiger partial charge >= 0.3 is 12.1 Å². The Morgan fingerprint density at radius 1 is 0.909 bits per heavy atom. The fourth-order valence-electron chi connectivity index (χ4n) is 5.41. The third-order valence-electron chi connectivity index (χ3n) is 7.96. The molecule has 44 heavy (non-hydrogen) atoms. The van der Waals surface area contributed by atoms with Gasteiger partial charge in [-0.3, -0.25) is 9.69 Å². The van der Waals surface area contributed by atoms with E-state index in [0.717, 1.165) is 37.2 Å². The molecule has 1 saturated heterocycles. The monoisotopic (exact) mass is 643 g/mol. The molecule has 1 aliphatic rings. The summed E-state index contributed by atoms with van der Waals surface area (Å²) in [6.07, 6.45) is 1.62. The van der Waals surface area contributed by atoms with Gasteiger partial charge in [0.1, 0.15) is 13.2 Å². The number of amides is 1. The van der Waals surface area contributed by atoms with E-state index >= 15 is 0 Å². The lowest BCUT2D eigenvalue weighted by Gasteiger charge is -2.38. The van der Waals surface area contributed by atoms with Crippen LogP contribution in [0, 0.1) is 0 Å². The van der Waals surface area contributed by atoms with E-state index in [4.69, 9.17) is 9.47 Å². The van der Waals surface area contributed by atoms with Crippen LogP contribution in [0.2, 0.25) is 0 Å². The van der Waals surface area contributed by atoms with E-state index in [2.05, 4.69) is 4.90 Å². The first kappa shape index (κ1) is 35.0. The lowest BCUT2D eigenvalue weighted by atomic mass is 9.94. The number of likely N-dealkylation sites (N-methyl/N-ethyl adjacent to an activating group) is 1. The molecule has 1 aliphatic heterocycles. The second-order valence-corrected chi connectivity index (χ2v) is 12.9. The number of nitrogens with zero attached hydrogens (tertiary/aromatic N) is 3. The highest BCUT2D eigenvalue weighted by molar-refractivity contribution is 7.89. The standard InChI is InChI=1S/C33H41N3O6S.ClH/c1-34(43(39,40)31-16-10-5-11-17-31)24-29(28-14-8-4-9-15-28)18-21-35-22-19-30(20-23-35)36(25-32(37)41-2)33(38)42-26-27-12-6-3-7-13-27;/h3-17,29-30H,18-26H2,1-2H3;1H/t29-;/m0./s1. The molecule has 1 heterocycles. The van der Waals surface area contributed by atoms with Gasteiger partial charge in [0.25, 0.3) is 0 Å². The number of hydrogen-bond acceptors (Lipinski definition) is 7. The van der Waals surface area contributed by atoms with Crippen molar-refractivity contribution in [2.24, 2.45) is 0 Å². The zero-order valence-corrected chi connectivity index (χ0v) is 26.9. The zero-order valence-electron chi connectivity index (χ0n) is 25.3. The number of likely N-dealkylation sites (tertiary alicyclic amines) is 1. The van der Waals surface area contributed by atoms with Crippen molar-refractivity contribution in [1.82, 2.24) is 14.1 Å². The number of carbonyl (C=O) groups is 2. The molecule has 11 heteroatoms. The Labute approximate surface area is 267 Å². The number of carbonyl (C=O) groups excluding carboxylic acids is 2. The van der Waals surface area contributed by atoms with Gasteiger partial charge < -0.3 is 14.4 Å². The van der Waals surface area contributed by atoms with Crippen LogP contribution in [-0.2, 0) is 30.9 Å². The summed E-state index contributed by atoms with van der Waals surface area (Å²) < 4.78 is 38.3. The minimum atomic E-state index is -3.61. The molecule has 0 unspecified atom stereocenters. The average Bonchev–Trinajstić information content (AvgIpc) is 3.05. The topological polar surface area (TPSA) is 96.5 Å². The maximum absolute atomic E-state index is 13.2. The Kier molecular flexibility index (Phi) is 13.7. The van der Waals surface area contributed by atoms with E-state index in [9.17, 15) is 18.0 Å². The molecule has 0 spiro atoms. The molecule has 3 aromatic rings. The Hall–Kier alpha value is -3.44. The highest BCUT2D eigenvalue weighted by Gasteiger charge is 2.31. The molecule has 1 amide bonds. The van der Waals surface area contributed by atoms with Gasteiger partial charge in [0.15, 0.2) is 0 Å². The molecule has 1 atom stereocenters. The van der Waals surface area contributed by atoms with Crippen molar-refractivity contribution in [3.63, 3.8) is 0 Å². The van der Waals surface area contributed by atoms with Crippen LogP contribution in [0.3, 0.4) is 0 Å². The number of piperidine rings is 1. The van der Waals surface area contributed by atoms with Gasteiger partial charge in [0.2, 0.25) is 10.0 Å². The van der Waals surface area contributed by atoms with Crippen LogP contribution in [0.15, 0.2) is 95.9 Å². The van der Waals surface area contributed by atoms with Gasteiger partial charge in [-0.2, -0.15) is 0 Å². The lowest BCUT2D eigenvalue weighted by molar-refractivity contribution is -0.142. The van der Waals surface area contributed by atoms with E-state index in [1.165, 1.54) is 16.3 Å². The summed E-state index contributed by atoms with van der Waals surface area (Å²) >= 11 is 0. The highest BCUT2D eigenvalue weighted by atomic mass is 35.5. The molecule has 1 fully saturated rings. The van der Waals surface area contributed by atoms with Crippen molar-refractivity contribution in [2.75, 3.05) is 46.9 Å². The Bertz CT molecular complexity index is 1410. The maximum atomic E-state index is 13.2. The SMILES string of the molecule is COC(=O)CN(C(=O)OCc1ccccc1)C1CCN(CC[C@@H](CN(C)S(=O)(=O)c2ccccc2)c2ccccc2)CC1.Cl. The summed E-state index contributed by atoms with van der Waals surface area (Å²) in [5.74, 6) is -0.481. The van der Waals surface area contributed by atoms with Crippen molar-refractivity contribution in [2.45, 2.75) is 42.7 Å². The Morgan fingerprint density at radius 2 is 1.48 bits per heavy atom. The minimum absolute atomic E-state index is 0. The number of sulfonamides is 1. The van der Waals surface area contributed by atoms with Crippen molar-refractivity contribution in [3.05, 3.63) is 102 Å². The molecule has 9 nitrogen and oxygen atoms in total. The molecule has 4 rings (SSSR count). The molecule has 0 radical (unpaired) electrons. The van der Waals surface area contributed by atoms with Crippen molar-refractivity contribution in [1.29, 1.82) is 0 Å². The van der Waals surface area contributed by atoms with Gasteiger partial charge in [-0.05, 0) is 55.0 Å². The van der Waals surface area contributed by atoms with Gasteiger partial charge in [0, 0.05) is 32.7 Å². The summed E-state index contributed by atoms with van der Waals surface area (Å²) in [5, 5.41) is 0. The van der Waals surface area contributed by atoms with Crippen molar-refractivity contribution in [3.8, 4) is 0 Å². The van der Waals surface area contributed by atoms with Crippen molar-refractivity contribution >= 4 is 34.5 Å². The summed E-state index contributed by atoms with van der Waals surface area (Å²) in [4.78, 5) is 29.3. The largest absolute Gasteiger partial charge is 0.468 e. The van der Waals surface area contributed by atoms with Crippen LogP contribution in [0.4, 0.5) is 4.79 Å². The van der Waals surface area contributed by atoms with Crippen LogP contribution in [0.25, 0.3) is 0 Å². The molecule has 0 bridgehead atoms. The van der Waals surface area contributed by atoms with Gasteiger partial charge in [0.05, 0.1) is 12.0 Å². The number of methoxy groups -OCH3 is 1. The summed E-state index contributed by atoms with van der Waals surface area (Å²) in [6, 6.07) is 27.8. The smallest absolute Gasteiger partial charge is 0.410 e. The predicted octanol–water partition coefficient (Wildman–Crippen LogP) is 5.18. The average molecular weight is 644 g/mol. The summed E-state index contributed by atoms with van der Waals surface area (Å²) in [6.45, 7) is 2.60. The van der Waals surface area contributed by atoms with Gasteiger partial charge in [-0.25, -0.2) is 17.5 Å². The Balaban J connectivity index is 0.00000529. The first-order valence-electron chi connectivity index (χ1n) is 14.6. The third kappa shape index (κ3) is 9.79. The predicted molar refractivity (Wildman–Crippen MR) is 172 cm³/mol. The summed E-state index contributed by atoms with van der Waals surface area (Å²) in [7, 11) is -0.667. The van der Waals surface area contributed by atoms with E-state index in [0.29, 0.717) is 19.4 Å². The Morgan fingerprint density at radius 3 is 2.07 bits per heavy atom. The molecular formula is C33H42ClN3O6S. The van der Waals surface area contributed by atoms with Gasteiger partial charge in [-0.15, -0.1) is 12.4 Å². The van der Waals surface area contributed by atoms with Crippen LogP contribution >= 0.6 is 12.4 Å². The van der Waals surface area contributed by atoms with E-state index < -0.39 is 22.1 Å². The van der Waals surface area contributed by atoms with Crippen LogP contribution in [0.5, 0.6) is 0 Å². The molecule has 0 aliphatic carbocycles. The van der Waals surface area contributed by atoms with Crippen LogP contribution in [-0.4, -0.2) is 87.5 Å². The lowest BCUT2D eigenvalue weighted by Crippen LogP contribution is -2.49. The second-order valence-electron chi connectivity index (χ2n) is 10.8. The molecule has 0 N–H and O–H groups in total. The fourth-order valence-corrected chi connectivity index (χ4v) is 6.65. The molecule has 3 aromatic carbocycles. The number of halogens is 1. The number of ether oxygens (including phenoxy) is 2. The summed E-state index contributed by atoms with van der Waals surface area (Å²) in [5.41, 5.74) is 1.97. The second kappa shape index (κ2) is 17.2. The normalized spacial score (nSPS) is 14.8.